The van der Waals surface area contributed by atoms with Gasteiger partial charge < -0.3 is 4.57 Å². The van der Waals surface area contributed by atoms with Crippen LogP contribution in [0.25, 0.3) is 27.5 Å². The average Bonchev–Trinajstić information content (AvgIpc) is 3.37. The van der Waals surface area contributed by atoms with Gasteiger partial charge in [-0.25, -0.2) is 8.42 Å². The van der Waals surface area contributed by atoms with Crippen LogP contribution in [0.4, 0.5) is 0 Å². The lowest BCUT2D eigenvalue weighted by atomic mass is 10.2. The number of hydrogen-bond donors (Lipinski definition) is 0. The first-order chi connectivity index (χ1) is 20.1. The summed E-state index contributed by atoms with van der Waals surface area (Å²) in [4.78, 5) is 0.807. The molecule has 1 aliphatic heterocycles. The van der Waals surface area contributed by atoms with Crippen LogP contribution in [0, 0.1) is 0 Å². The number of benzene rings is 6. The molecule has 197 valence electrons. The van der Waals surface area contributed by atoms with Crippen LogP contribution in [0.5, 0.6) is 0 Å². The number of rotatable bonds is 3. The molecule has 5 heteroatoms. The van der Waals surface area contributed by atoms with Gasteiger partial charge in [-0.2, -0.15) is 20.7 Å². The first kappa shape index (κ1) is 24.1. The van der Waals surface area contributed by atoms with Crippen molar-refractivity contribution in [2.24, 2.45) is 0 Å². The van der Waals surface area contributed by atoms with Crippen LogP contribution >= 0.6 is 0 Å². The minimum atomic E-state index is -3.79. The van der Waals surface area contributed by atoms with Gasteiger partial charge in [-0.05, 0) is 38.4 Å². The molecule has 0 saturated carbocycles. The summed E-state index contributed by atoms with van der Waals surface area (Å²) in [7, 11) is -6.76. The Labute approximate surface area is 239 Å². The molecular formula is C36H25NO2SSi-. The lowest BCUT2D eigenvalue weighted by Gasteiger charge is -2.51. The third kappa shape index (κ3) is 3.27. The molecule has 0 N–H and O–H groups in total. The van der Waals surface area contributed by atoms with Gasteiger partial charge in [0.2, 0.25) is 9.84 Å². The fraction of sp³-hybridized carbons (Fsp3) is 0. The highest BCUT2D eigenvalue weighted by atomic mass is 32.2. The van der Waals surface area contributed by atoms with Crippen LogP contribution < -0.4 is 20.7 Å². The maximum Gasteiger partial charge on any atom is 0.201 e. The predicted octanol–water partition coefficient (Wildman–Crippen LogP) is 5.31. The van der Waals surface area contributed by atoms with Gasteiger partial charge in [0.15, 0.2) is 0 Å². The standard InChI is InChI=1S/C36H25NO2SSi/c38-40(39)33-21-11-12-22-35(33)41(27-13-3-1-4-14-27,28-15-5-2-6-16-28)36-24-23-26(25-34(36)40)37-31-19-9-7-17-29(31)30-18-8-10-20-32(30)37/h1-25H/q-1. The first-order valence-electron chi connectivity index (χ1n) is 13.7. The quantitative estimate of drug-likeness (QED) is 0.274. The number of nitrogens with zero attached hydrogens (tertiary/aromatic N) is 1. The van der Waals surface area contributed by atoms with Crippen molar-refractivity contribution in [2.45, 2.75) is 9.79 Å². The summed E-state index contributed by atoms with van der Waals surface area (Å²) in [6, 6.07) is 51.3. The molecule has 1 aromatic heterocycles. The summed E-state index contributed by atoms with van der Waals surface area (Å²) >= 11 is 0. The van der Waals surface area contributed by atoms with Crippen molar-refractivity contribution in [3.63, 3.8) is 0 Å². The second kappa shape index (κ2) is 8.90. The van der Waals surface area contributed by atoms with Gasteiger partial charge >= 0.3 is 0 Å². The number of hydrogen-bond acceptors (Lipinski definition) is 2. The third-order valence-electron chi connectivity index (χ3n) is 8.49. The highest BCUT2D eigenvalue weighted by molar-refractivity contribution is 7.92. The molecule has 0 fully saturated rings. The lowest BCUT2D eigenvalue weighted by molar-refractivity contribution is 0.596. The van der Waals surface area contributed by atoms with E-state index in [-0.39, 0.29) is 0 Å². The van der Waals surface area contributed by atoms with E-state index in [0.717, 1.165) is 37.9 Å². The summed E-state index contributed by atoms with van der Waals surface area (Å²) in [5.74, 6) is 0. The highest BCUT2D eigenvalue weighted by Gasteiger charge is 2.40. The zero-order valence-corrected chi connectivity index (χ0v) is 23.9. The number of fused-ring (bicyclic) bond motifs is 5. The van der Waals surface area contributed by atoms with Crippen LogP contribution in [0.15, 0.2) is 161 Å². The molecule has 1 aliphatic rings. The maximum absolute atomic E-state index is 14.5. The van der Waals surface area contributed by atoms with E-state index in [1.165, 1.54) is 10.4 Å². The van der Waals surface area contributed by atoms with Crippen molar-refractivity contribution >= 4 is 60.5 Å². The van der Waals surface area contributed by atoms with E-state index in [9.17, 15) is 8.42 Å². The highest BCUT2D eigenvalue weighted by Crippen LogP contribution is 2.34. The molecule has 0 aliphatic carbocycles. The number of aromatic nitrogens is 1. The number of sulfone groups is 1. The monoisotopic (exact) mass is 563 g/mol. The fourth-order valence-corrected chi connectivity index (χ4v) is 14.9. The molecule has 0 spiro atoms. The van der Waals surface area contributed by atoms with Gasteiger partial charge in [-0.15, -0.1) is 0 Å². The molecule has 2 heterocycles. The SMILES string of the molecule is O=S1(=O)c2ccccc2[Si-](c2ccccc2)(c2ccccc2)c2ccc(-n3c4ccccc4c4ccccc43)cc21. The molecule has 0 amide bonds. The molecule has 0 unspecified atom stereocenters. The van der Waals surface area contributed by atoms with Gasteiger partial charge in [0.25, 0.3) is 0 Å². The molecule has 6 aromatic carbocycles. The Bertz CT molecular complexity index is 2130. The zero-order chi connectivity index (χ0) is 27.6. The second-order valence-electron chi connectivity index (χ2n) is 10.5. The van der Waals surface area contributed by atoms with E-state index >= 15 is 0 Å². The second-order valence-corrected chi connectivity index (χ2v) is 16.2. The minimum absolute atomic E-state index is 0.398. The van der Waals surface area contributed by atoms with Gasteiger partial charge in [-0.1, -0.05) is 121 Å². The fourth-order valence-electron chi connectivity index (χ4n) is 6.82. The van der Waals surface area contributed by atoms with Crippen molar-refractivity contribution in [3.8, 4) is 5.69 Å². The van der Waals surface area contributed by atoms with Crippen molar-refractivity contribution in [2.75, 3.05) is 0 Å². The average molecular weight is 564 g/mol. The summed E-state index contributed by atoms with van der Waals surface area (Å²) in [6.45, 7) is 0. The van der Waals surface area contributed by atoms with E-state index < -0.39 is 17.9 Å². The van der Waals surface area contributed by atoms with Gasteiger partial charge in [0.1, 0.15) is 0 Å². The Morgan fingerprint density at radius 1 is 0.463 bits per heavy atom. The molecule has 8 rings (SSSR count). The van der Waals surface area contributed by atoms with Gasteiger partial charge in [-0.3, -0.25) is 0 Å². The normalized spacial score (nSPS) is 14.9. The van der Waals surface area contributed by atoms with Crippen molar-refractivity contribution in [1.82, 2.24) is 4.57 Å². The van der Waals surface area contributed by atoms with Crippen LogP contribution in [-0.4, -0.2) is 21.1 Å². The molecule has 0 bridgehead atoms. The van der Waals surface area contributed by atoms with Crippen molar-refractivity contribution in [3.05, 3.63) is 152 Å². The Kier molecular flexibility index (Phi) is 5.23. The summed E-state index contributed by atoms with van der Waals surface area (Å²) in [6.07, 6.45) is 0. The van der Waals surface area contributed by atoms with E-state index in [1.54, 1.807) is 6.07 Å². The number of para-hydroxylation sites is 2. The van der Waals surface area contributed by atoms with E-state index in [4.69, 9.17) is 0 Å². The molecule has 7 aromatic rings. The molecule has 0 atom stereocenters. The summed E-state index contributed by atoms with van der Waals surface area (Å²) < 4.78 is 31.2. The molecule has 3 nitrogen and oxygen atoms in total. The van der Waals surface area contributed by atoms with Crippen LogP contribution in [0.2, 0.25) is 0 Å². The van der Waals surface area contributed by atoms with E-state index in [0.29, 0.717) is 9.79 Å². The topological polar surface area (TPSA) is 39.1 Å². The smallest absolute Gasteiger partial charge is 0.201 e. The minimum Gasteiger partial charge on any atom is -0.309 e. The Hall–Kier alpha value is -4.71. The lowest BCUT2D eigenvalue weighted by Crippen LogP contribution is -2.77. The van der Waals surface area contributed by atoms with Crippen molar-refractivity contribution in [1.29, 1.82) is 0 Å². The summed E-state index contributed by atoms with van der Waals surface area (Å²) in [5, 5.41) is 6.43. The molecule has 41 heavy (non-hydrogen) atoms. The largest absolute Gasteiger partial charge is 0.309 e. The Morgan fingerprint density at radius 3 is 1.56 bits per heavy atom. The molecule has 0 radical (unpaired) electrons. The zero-order valence-electron chi connectivity index (χ0n) is 22.1. The van der Waals surface area contributed by atoms with Crippen LogP contribution in [0.3, 0.4) is 0 Å². The Morgan fingerprint density at radius 2 is 0.951 bits per heavy atom. The third-order valence-corrected chi connectivity index (χ3v) is 15.6. The first-order valence-corrected chi connectivity index (χ1v) is 17.2. The summed E-state index contributed by atoms with van der Waals surface area (Å²) in [5.41, 5.74) is 2.95. The molecule has 0 saturated heterocycles. The van der Waals surface area contributed by atoms with Crippen molar-refractivity contribution < 1.29 is 8.42 Å². The van der Waals surface area contributed by atoms with Crippen LogP contribution in [-0.2, 0) is 9.84 Å². The Balaban J connectivity index is 1.52. The molecular weight excluding hydrogens is 539 g/mol. The van der Waals surface area contributed by atoms with Crippen LogP contribution in [0.1, 0.15) is 0 Å². The van der Waals surface area contributed by atoms with E-state index in [1.807, 2.05) is 60.7 Å². The van der Waals surface area contributed by atoms with Gasteiger partial charge in [0, 0.05) is 26.3 Å². The van der Waals surface area contributed by atoms with E-state index in [2.05, 4.69) is 89.5 Å². The maximum atomic E-state index is 14.5. The predicted molar refractivity (Wildman–Crippen MR) is 170 cm³/mol. The van der Waals surface area contributed by atoms with Gasteiger partial charge in [0.05, 0.1) is 11.0 Å².